The van der Waals surface area contributed by atoms with Crippen LogP contribution >= 0.6 is 0 Å². The molecule has 0 radical (unpaired) electrons. The van der Waals surface area contributed by atoms with Gasteiger partial charge in [0.15, 0.2) is 18.9 Å². The van der Waals surface area contributed by atoms with Crippen LogP contribution in [-0.4, -0.2) is 193 Å². The van der Waals surface area contributed by atoms with Crippen molar-refractivity contribution < 1.29 is 89.4 Å². The fourth-order valence-corrected chi connectivity index (χ4v) is 9.19. The van der Waals surface area contributed by atoms with E-state index in [1.807, 2.05) is 6.92 Å². The average Bonchev–Trinajstić information content (AvgIpc) is 3.40. The summed E-state index contributed by atoms with van der Waals surface area (Å²) >= 11 is 0. The molecule has 0 bridgehead atoms. The maximum Gasteiger partial charge on any atom is 0.220 e. The molecular formula is C56H97NO18. The van der Waals surface area contributed by atoms with Gasteiger partial charge in [0.05, 0.1) is 38.6 Å². The molecule has 0 saturated carbocycles. The zero-order valence-corrected chi connectivity index (χ0v) is 44.8. The molecule has 19 heteroatoms. The number of carbonyl (C=O) groups is 1. The summed E-state index contributed by atoms with van der Waals surface area (Å²) in [6, 6.07) is -0.970. The first kappa shape index (κ1) is 66.8. The van der Waals surface area contributed by atoms with E-state index < -0.39 is 124 Å². The highest BCUT2D eigenvalue weighted by atomic mass is 16.8. The van der Waals surface area contributed by atoms with Crippen LogP contribution in [0, 0.1) is 0 Å². The molecule has 3 saturated heterocycles. The summed E-state index contributed by atoms with van der Waals surface area (Å²) in [6.45, 7) is 1.34. The van der Waals surface area contributed by atoms with E-state index in [4.69, 9.17) is 28.4 Å². The van der Waals surface area contributed by atoms with Crippen molar-refractivity contribution in [2.75, 3.05) is 26.4 Å². The molecule has 12 N–H and O–H groups in total. The number of unbranched alkanes of at least 4 members (excludes halogenated alkanes) is 15. The molecule has 3 aliphatic rings. The van der Waals surface area contributed by atoms with E-state index in [1.165, 1.54) is 64.2 Å². The van der Waals surface area contributed by atoms with Gasteiger partial charge in [0.1, 0.15) is 73.2 Å². The minimum Gasteiger partial charge on any atom is -0.394 e. The lowest BCUT2D eigenvalue weighted by Crippen LogP contribution is -2.66. The standard InChI is InChI=1S/C56H97NO18/c1-3-5-7-8-9-10-11-12-13-14-15-16-17-18-19-20-21-22-23-24-25-26-27-28-29-30-32-34-44(62)57-39(40(61)33-31-6-4-2)38-70-54-50(68)47(65)52(42(36-59)72-54)75-56-51(69)48(66)53(43(37-60)73-56)74-55-49(67)46(64)45(63)41(35-58)71-55/h5,7,9-10,12-13,15-16,31,33,39-43,45-56,58-61,63-69H,3-4,6,8,11,14,17-30,32,34-38H2,1-2H3,(H,57,62)/b7-5-,10-9-,13-12-,16-15-,33-31+. The van der Waals surface area contributed by atoms with Gasteiger partial charge in [-0.1, -0.05) is 158 Å². The van der Waals surface area contributed by atoms with Crippen molar-refractivity contribution in [3.05, 3.63) is 60.8 Å². The molecule has 19 nitrogen and oxygen atoms in total. The summed E-state index contributed by atoms with van der Waals surface area (Å²) in [5.74, 6) is -0.292. The SMILES string of the molecule is CC/C=C\C/C=C\C/C=C\C/C=C\CCCCCCCCCCCCCCCCC(=O)NC(COC1OC(CO)C(OC2OC(CO)C(OC3OC(CO)C(O)C(O)C3O)C(O)C2O)C(O)C1O)C(O)/C=C/CCC. The molecule has 0 spiro atoms. The van der Waals surface area contributed by atoms with Crippen molar-refractivity contribution in [3.63, 3.8) is 0 Å². The van der Waals surface area contributed by atoms with Gasteiger partial charge in [-0.2, -0.15) is 0 Å². The van der Waals surface area contributed by atoms with Gasteiger partial charge in [-0.3, -0.25) is 4.79 Å². The Morgan fingerprint density at radius 3 is 1.41 bits per heavy atom. The average molecular weight is 1070 g/mol. The van der Waals surface area contributed by atoms with Gasteiger partial charge in [-0.25, -0.2) is 0 Å². The minimum atomic E-state index is -1.98. The van der Waals surface area contributed by atoms with Gasteiger partial charge in [-0.15, -0.1) is 0 Å². The zero-order valence-electron chi connectivity index (χ0n) is 44.8. The Balaban J connectivity index is 1.33. The lowest BCUT2D eigenvalue weighted by atomic mass is 9.96. The van der Waals surface area contributed by atoms with E-state index in [1.54, 1.807) is 12.2 Å². The summed E-state index contributed by atoms with van der Waals surface area (Å²) in [7, 11) is 0. The fourth-order valence-electron chi connectivity index (χ4n) is 9.19. The molecule has 3 heterocycles. The summed E-state index contributed by atoms with van der Waals surface area (Å²) in [6.07, 6.45) is 17.8. The van der Waals surface area contributed by atoms with E-state index in [9.17, 15) is 61.0 Å². The number of amides is 1. The predicted octanol–water partition coefficient (Wildman–Crippen LogP) is 3.70. The Morgan fingerprint density at radius 1 is 0.493 bits per heavy atom. The normalized spacial score (nSPS) is 31.7. The number of rotatable bonds is 39. The molecule has 0 aromatic carbocycles. The smallest absolute Gasteiger partial charge is 0.220 e. The van der Waals surface area contributed by atoms with Crippen molar-refractivity contribution in [1.82, 2.24) is 5.32 Å². The molecule has 17 unspecified atom stereocenters. The van der Waals surface area contributed by atoms with Crippen LogP contribution in [0.15, 0.2) is 60.8 Å². The number of aliphatic hydroxyl groups excluding tert-OH is 11. The molecule has 0 aromatic rings. The van der Waals surface area contributed by atoms with Gasteiger partial charge in [0.25, 0.3) is 0 Å². The summed E-state index contributed by atoms with van der Waals surface area (Å²) in [4.78, 5) is 13.1. The Kier molecular flexibility index (Phi) is 35.4. The number of allylic oxidation sites excluding steroid dienone is 9. The van der Waals surface area contributed by atoms with Gasteiger partial charge >= 0.3 is 0 Å². The van der Waals surface area contributed by atoms with Crippen molar-refractivity contribution in [1.29, 1.82) is 0 Å². The van der Waals surface area contributed by atoms with E-state index >= 15 is 0 Å². The molecular weight excluding hydrogens is 975 g/mol. The van der Waals surface area contributed by atoms with Crippen LogP contribution in [0.2, 0.25) is 0 Å². The van der Waals surface area contributed by atoms with Crippen molar-refractivity contribution >= 4 is 5.91 Å². The van der Waals surface area contributed by atoms with Crippen molar-refractivity contribution in [2.45, 2.75) is 259 Å². The molecule has 0 aliphatic carbocycles. The van der Waals surface area contributed by atoms with Crippen LogP contribution in [0.4, 0.5) is 0 Å². The summed E-state index contributed by atoms with van der Waals surface area (Å²) < 4.78 is 33.9. The van der Waals surface area contributed by atoms with E-state index in [-0.39, 0.29) is 18.9 Å². The monoisotopic (exact) mass is 1070 g/mol. The quantitative estimate of drug-likeness (QED) is 0.0309. The second-order valence-corrected chi connectivity index (χ2v) is 20.0. The number of ether oxygens (including phenoxy) is 6. The highest BCUT2D eigenvalue weighted by molar-refractivity contribution is 5.76. The van der Waals surface area contributed by atoms with E-state index in [2.05, 4.69) is 60.8 Å². The number of hydrogen-bond acceptors (Lipinski definition) is 18. The van der Waals surface area contributed by atoms with Crippen molar-refractivity contribution in [2.24, 2.45) is 0 Å². The number of hydrogen-bond donors (Lipinski definition) is 12. The van der Waals surface area contributed by atoms with E-state index in [0.29, 0.717) is 12.8 Å². The Morgan fingerprint density at radius 2 is 0.920 bits per heavy atom. The predicted molar refractivity (Wildman–Crippen MR) is 282 cm³/mol. The van der Waals surface area contributed by atoms with Crippen LogP contribution < -0.4 is 5.32 Å². The van der Waals surface area contributed by atoms with Crippen LogP contribution in [0.25, 0.3) is 0 Å². The number of aliphatic hydroxyl groups is 11. The largest absolute Gasteiger partial charge is 0.394 e. The Labute approximate surface area is 445 Å². The van der Waals surface area contributed by atoms with Crippen LogP contribution in [0.1, 0.15) is 155 Å². The molecule has 75 heavy (non-hydrogen) atoms. The number of carbonyl (C=O) groups excluding carboxylic acids is 1. The maximum absolute atomic E-state index is 13.1. The highest BCUT2D eigenvalue weighted by Crippen LogP contribution is 2.33. The van der Waals surface area contributed by atoms with Gasteiger partial charge < -0.3 is 89.9 Å². The first-order valence-corrected chi connectivity index (χ1v) is 28.0. The summed E-state index contributed by atoms with van der Waals surface area (Å²) in [5.41, 5.74) is 0. The van der Waals surface area contributed by atoms with Gasteiger partial charge in [0.2, 0.25) is 5.91 Å². The topological polar surface area (TPSA) is 307 Å². The van der Waals surface area contributed by atoms with Gasteiger partial charge in [-0.05, 0) is 51.4 Å². The van der Waals surface area contributed by atoms with Crippen LogP contribution in [0.5, 0.6) is 0 Å². The number of nitrogens with one attached hydrogen (secondary N) is 1. The highest BCUT2D eigenvalue weighted by Gasteiger charge is 2.53. The second-order valence-electron chi connectivity index (χ2n) is 20.0. The molecule has 3 fully saturated rings. The molecule has 17 atom stereocenters. The van der Waals surface area contributed by atoms with Crippen molar-refractivity contribution in [3.8, 4) is 0 Å². The Hall–Kier alpha value is -2.51. The maximum atomic E-state index is 13.1. The minimum absolute atomic E-state index is 0.237. The molecule has 1 amide bonds. The Bertz CT molecular complexity index is 1610. The van der Waals surface area contributed by atoms with Gasteiger partial charge in [0, 0.05) is 6.42 Å². The third-order valence-electron chi connectivity index (χ3n) is 13.8. The lowest BCUT2D eigenvalue weighted by molar-refractivity contribution is -0.379. The molecule has 0 aromatic heterocycles. The molecule has 434 valence electrons. The lowest BCUT2D eigenvalue weighted by Gasteiger charge is -2.48. The van der Waals surface area contributed by atoms with Crippen LogP contribution in [-0.2, 0) is 33.2 Å². The summed E-state index contributed by atoms with van der Waals surface area (Å²) in [5, 5.41) is 119. The van der Waals surface area contributed by atoms with E-state index in [0.717, 1.165) is 57.8 Å². The third kappa shape index (κ3) is 24.6. The first-order chi connectivity index (χ1) is 36.3. The zero-order chi connectivity index (χ0) is 54.8. The fraction of sp³-hybridized carbons (Fsp3) is 0.804. The molecule has 3 aliphatic heterocycles. The third-order valence-corrected chi connectivity index (χ3v) is 13.8. The second kappa shape index (κ2) is 39.8. The first-order valence-electron chi connectivity index (χ1n) is 28.0. The molecule has 3 rings (SSSR count). The van der Waals surface area contributed by atoms with Crippen LogP contribution in [0.3, 0.4) is 0 Å².